The molecule has 2 aromatic rings. The summed E-state index contributed by atoms with van der Waals surface area (Å²) in [5.74, 6) is -2.37. The number of carbonyl (C=O) groups is 1. The van der Waals surface area contributed by atoms with Crippen molar-refractivity contribution in [1.29, 1.82) is 0 Å². The van der Waals surface area contributed by atoms with Crippen LogP contribution in [0, 0.1) is 5.92 Å². The zero-order valence-electron chi connectivity index (χ0n) is 15.0. The summed E-state index contributed by atoms with van der Waals surface area (Å²) in [5.41, 5.74) is 0.141. The maximum absolute atomic E-state index is 12.8. The molecular weight excluding hydrogens is 406 g/mol. The molecule has 0 saturated carbocycles. The van der Waals surface area contributed by atoms with Crippen molar-refractivity contribution in [3.05, 3.63) is 24.5 Å². The average molecular weight is 422 g/mol. The Morgan fingerprint density at radius 1 is 1.24 bits per heavy atom. The standard InChI is InChI=1S/C17H16F6N4O2/c1-9(15(28)27-5-4-10(7-27)16(18,19)20)26-14-12-3-2-11(29-17(21,22)23)6-13(12)24-8-25-14/h2-3,6,8-10H,4-5,7H2,1H3,(H,24,25,26)/t9-,10+/m1/s1. The Balaban J connectivity index is 1.73. The fraction of sp³-hybridized carbons (Fsp3) is 0.471. The summed E-state index contributed by atoms with van der Waals surface area (Å²) in [6.45, 7) is 1.06. The van der Waals surface area contributed by atoms with Crippen molar-refractivity contribution < 1.29 is 35.9 Å². The Hall–Kier alpha value is -2.79. The van der Waals surface area contributed by atoms with Gasteiger partial charge in [0.05, 0.1) is 11.4 Å². The van der Waals surface area contributed by atoms with Gasteiger partial charge in [-0.05, 0) is 25.5 Å². The van der Waals surface area contributed by atoms with E-state index in [0.717, 1.165) is 23.4 Å². The molecule has 0 unspecified atom stereocenters. The zero-order chi connectivity index (χ0) is 21.4. The third-order valence-corrected chi connectivity index (χ3v) is 4.53. The van der Waals surface area contributed by atoms with Crippen molar-refractivity contribution >= 4 is 22.6 Å². The number of benzene rings is 1. The lowest BCUT2D eigenvalue weighted by Crippen LogP contribution is -2.41. The van der Waals surface area contributed by atoms with Gasteiger partial charge in [0.25, 0.3) is 0 Å². The highest BCUT2D eigenvalue weighted by atomic mass is 19.4. The molecule has 1 aliphatic heterocycles. The molecule has 1 aromatic heterocycles. The molecule has 29 heavy (non-hydrogen) atoms. The van der Waals surface area contributed by atoms with Gasteiger partial charge in [-0.15, -0.1) is 13.2 Å². The van der Waals surface area contributed by atoms with Crippen LogP contribution in [0.25, 0.3) is 10.9 Å². The number of nitrogens with one attached hydrogen (secondary N) is 1. The lowest BCUT2D eigenvalue weighted by molar-refractivity contribution is -0.274. The number of likely N-dealkylation sites (tertiary alicyclic amines) is 1. The molecule has 1 fully saturated rings. The van der Waals surface area contributed by atoms with Gasteiger partial charge in [0.2, 0.25) is 5.91 Å². The number of hydrogen-bond acceptors (Lipinski definition) is 5. The van der Waals surface area contributed by atoms with Crippen LogP contribution in [0.3, 0.4) is 0 Å². The second-order valence-electron chi connectivity index (χ2n) is 6.63. The molecule has 1 aromatic carbocycles. The van der Waals surface area contributed by atoms with Gasteiger partial charge in [0.1, 0.15) is 23.9 Å². The summed E-state index contributed by atoms with van der Waals surface area (Å²) in [5, 5.41) is 3.13. The van der Waals surface area contributed by atoms with Crippen molar-refractivity contribution in [2.24, 2.45) is 5.92 Å². The van der Waals surface area contributed by atoms with E-state index < -0.39 is 42.7 Å². The minimum atomic E-state index is -4.85. The third kappa shape index (κ3) is 4.98. The van der Waals surface area contributed by atoms with E-state index in [1.165, 1.54) is 13.0 Å². The summed E-state index contributed by atoms with van der Waals surface area (Å²) in [7, 11) is 0. The molecular formula is C17H16F6N4O2. The topological polar surface area (TPSA) is 67.4 Å². The Morgan fingerprint density at radius 3 is 2.59 bits per heavy atom. The van der Waals surface area contributed by atoms with Crippen LogP contribution in [0.2, 0.25) is 0 Å². The van der Waals surface area contributed by atoms with Crippen LogP contribution in [0.1, 0.15) is 13.3 Å². The summed E-state index contributed by atoms with van der Waals surface area (Å²) < 4.78 is 79.3. The number of ether oxygens (including phenoxy) is 1. The number of alkyl halides is 6. The van der Waals surface area contributed by atoms with E-state index in [2.05, 4.69) is 20.0 Å². The SMILES string of the molecule is C[C@@H](Nc1ncnc2cc(OC(F)(F)F)ccc12)C(=O)N1CC[C@H](C(F)(F)F)C1. The quantitative estimate of drug-likeness (QED) is 0.761. The van der Waals surface area contributed by atoms with Crippen LogP contribution < -0.4 is 10.1 Å². The van der Waals surface area contributed by atoms with Crippen LogP contribution >= 0.6 is 0 Å². The number of carbonyl (C=O) groups excluding carboxylic acids is 1. The van der Waals surface area contributed by atoms with Crippen molar-refractivity contribution in [3.63, 3.8) is 0 Å². The maximum atomic E-state index is 12.8. The monoisotopic (exact) mass is 422 g/mol. The molecule has 1 amide bonds. The van der Waals surface area contributed by atoms with Gasteiger partial charge in [0, 0.05) is 24.5 Å². The molecule has 1 saturated heterocycles. The number of nitrogens with zero attached hydrogens (tertiary/aromatic N) is 3. The Labute approximate surface area is 160 Å². The first-order valence-corrected chi connectivity index (χ1v) is 8.56. The predicted molar refractivity (Wildman–Crippen MR) is 90.0 cm³/mol. The predicted octanol–water partition coefficient (Wildman–Crippen LogP) is 3.74. The highest BCUT2D eigenvalue weighted by Gasteiger charge is 2.45. The molecule has 0 spiro atoms. The highest BCUT2D eigenvalue weighted by Crippen LogP contribution is 2.34. The highest BCUT2D eigenvalue weighted by molar-refractivity contribution is 5.92. The summed E-state index contributed by atoms with van der Waals surface area (Å²) in [6, 6.07) is 2.54. The van der Waals surface area contributed by atoms with Gasteiger partial charge in [0.15, 0.2) is 0 Å². The van der Waals surface area contributed by atoms with E-state index in [0.29, 0.717) is 5.39 Å². The van der Waals surface area contributed by atoms with E-state index in [-0.39, 0.29) is 24.3 Å². The molecule has 1 aliphatic rings. The van der Waals surface area contributed by atoms with Crippen LogP contribution in [-0.4, -0.2) is 52.4 Å². The minimum absolute atomic E-state index is 0.00229. The van der Waals surface area contributed by atoms with Crippen molar-refractivity contribution in [3.8, 4) is 5.75 Å². The van der Waals surface area contributed by atoms with Gasteiger partial charge < -0.3 is 15.0 Å². The van der Waals surface area contributed by atoms with Gasteiger partial charge in [-0.2, -0.15) is 13.2 Å². The normalized spacial score (nSPS) is 18.7. The molecule has 3 rings (SSSR count). The fourth-order valence-electron chi connectivity index (χ4n) is 3.12. The van der Waals surface area contributed by atoms with Gasteiger partial charge in [-0.25, -0.2) is 9.97 Å². The average Bonchev–Trinajstić information content (AvgIpc) is 3.10. The van der Waals surface area contributed by atoms with Crippen molar-refractivity contribution in [2.75, 3.05) is 18.4 Å². The molecule has 6 nitrogen and oxygen atoms in total. The lowest BCUT2D eigenvalue weighted by atomic mass is 10.1. The fourth-order valence-corrected chi connectivity index (χ4v) is 3.12. The summed E-state index contributed by atoms with van der Waals surface area (Å²) in [4.78, 5) is 21.5. The number of aromatic nitrogens is 2. The molecule has 0 radical (unpaired) electrons. The zero-order valence-corrected chi connectivity index (χ0v) is 15.0. The largest absolute Gasteiger partial charge is 0.573 e. The Morgan fingerprint density at radius 2 is 1.97 bits per heavy atom. The van der Waals surface area contributed by atoms with Crippen LogP contribution in [0.15, 0.2) is 24.5 Å². The smallest absolute Gasteiger partial charge is 0.406 e. The number of amides is 1. The number of rotatable bonds is 4. The number of fused-ring (bicyclic) bond motifs is 1. The lowest BCUT2D eigenvalue weighted by Gasteiger charge is -2.23. The Bertz CT molecular complexity index is 902. The van der Waals surface area contributed by atoms with E-state index in [9.17, 15) is 31.1 Å². The molecule has 2 heterocycles. The number of anilines is 1. The summed E-state index contributed by atoms with van der Waals surface area (Å²) in [6.07, 6.45) is -8.27. The van der Waals surface area contributed by atoms with Crippen molar-refractivity contribution in [2.45, 2.75) is 31.9 Å². The van der Waals surface area contributed by atoms with Crippen LogP contribution in [0.5, 0.6) is 5.75 Å². The van der Waals surface area contributed by atoms with E-state index in [1.807, 2.05) is 0 Å². The van der Waals surface area contributed by atoms with Gasteiger partial charge in [-0.1, -0.05) is 0 Å². The van der Waals surface area contributed by atoms with Crippen LogP contribution in [-0.2, 0) is 4.79 Å². The first kappa shape index (κ1) is 20.9. The maximum Gasteiger partial charge on any atom is 0.573 e. The first-order valence-electron chi connectivity index (χ1n) is 8.56. The summed E-state index contributed by atoms with van der Waals surface area (Å²) >= 11 is 0. The molecule has 158 valence electrons. The molecule has 0 aliphatic carbocycles. The number of halogens is 6. The van der Waals surface area contributed by atoms with Crippen LogP contribution in [0.4, 0.5) is 32.2 Å². The first-order chi connectivity index (χ1) is 13.4. The van der Waals surface area contributed by atoms with Gasteiger partial charge >= 0.3 is 12.5 Å². The molecule has 2 atom stereocenters. The van der Waals surface area contributed by atoms with Crippen molar-refractivity contribution in [1.82, 2.24) is 14.9 Å². The third-order valence-electron chi connectivity index (χ3n) is 4.53. The second-order valence-corrected chi connectivity index (χ2v) is 6.63. The van der Waals surface area contributed by atoms with E-state index in [1.54, 1.807) is 0 Å². The molecule has 1 N–H and O–H groups in total. The second kappa shape index (κ2) is 7.56. The van der Waals surface area contributed by atoms with E-state index >= 15 is 0 Å². The molecule has 12 heteroatoms. The Kier molecular flexibility index (Phi) is 5.46. The number of hydrogen-bond donors (Lipinski definition) is 1. The van der Waals surface area contributed by atoms with E-state index in [4.69, 9.17) is 0 Å². The van der Waals surface area contributed by atoms with Gasteiger partial charge in [-0.3, -0.25) is 4.79 Å². The molecule has 0 bridgehead atoms. The minimum Gasteiger partial charge on any atom is -0.406 e.